The van der Waals surface area contributed by atoms with Gasteiger partial charge in [0.25, 0.3) is 0 Å². The number of fused-ring (bicyclic) bond motifs is 1. The zero-order valence-electron chi connectivity index (χ0n) is 11.0. The maximum Gasteiger partial charge on any atom is 0.244 e. The molecule has 1 heterocycles. The van der Waals surface area contributed by atoms with Crippen molar-refractivity contribution >= 4 is 51.8 Å². The van der Waals surface area contributed by atoms with Crippen LogP contribution < -0.4 is 16.0 Å². The molecule has 0 aromatic heterocycles. The standard InChI is InChI=1S/C15H12ClN3OS/c16-9-5-6-10(15(17)21)13(7-9)19-8-14(20)18-11-3-1-2-4-12(11)19/h1-7H,8H2,(H2,17,21)(H,18,20). The van der Waals surface area contributed by atoms with Crippen molar-refractivity contribution in [2.45, 2.75) is 0 Å². The van der Waals surface area contributed by atoms with E-state index >= 15 is 0 Å². The quantitative estimate of drug-likeness (QED) is 0.836. The zero-order chi connectivity index (χ0) is 15.0. The molecular formula is C15H12ClN3OS. The molecule has 0 radical (unpaired) electrons. The van der Waals surface area contributed by atoms with Gasteiger partial charge in [-0.1, -0.05) is 36.0 Å². The number of amides is 1. The number of hydrogen-bond donors (Lipinski definition) is 2. The van der Waals surface area contributed by atoms with Gasteiger partial charge in [-0.25, -0.2) is 0 Å². The SMILES string of the molecule is NC(=S)c1ccc(Cl)cc1N1CC(=O)Nc2ccccc21. The number of rotatable bonds is 2. The van der Waals surface area contributed by atoms with Gasteiger partial charge in [0.15, 0.2) is 0 Å². The first-order valence-electron chi connectivity index (χ1n) is 6.32. The molecule has 1 aliphatic heterocycles. The van der Waals surface area contributed by atoms with Crippen LogP contribution in [0.25, 0.3) is 0 Å². The van der Waals surface area contributed by atoms with Crippen LogP contribution in [-0.2, 0) is 4.79 Å². The summed E-state index contributed by atoms with van der Waals surface area (Å²) in [6, 6.07) is 12.8. The fourth-order valence-corrected chi connectivity index (χ4v) is 2.72. The maximum atomic E-state index is 11.9. The summed E-state index contributed by atoms with van der Waals surface area (Å²) in [6.07, 6.45) is 0. The summed E-state index contributed by atoms with van der Waals surface area (Å²) in [5.74, 6) is -0.0948. The second-order valence-corrected chi connectivity index (χ2v) is 5.55. The third-order valence-corrected chi connectivity index (χ3v) is 3.74. The molecule has 0 saturated carbocycles. The number of carbonyl (C=O) groups excluding carboxylic acids is 1. The van der Waals surface area contributed by atoms with Crippen molar-refractivity contribution in [1.82, 2.24) is 0 Å². The highest BCUT2D eigenvalue weighted by molar-refractivity contribution is 7.80. The topological polar surface area (TPSA) is 58.4 Å². The summed E-state index contributed by atoms with van der Waals surface area (Å²) in [5, 5.41) is 3.41. The van der Waals surface area contributed by atoms with Crippen LogP contribution in [0.15, 0.2) is 42.5 Å². The normalized spacial score (nSPS) is 13.6. The van der Waals surface area contributed by atoms with Gasteiger partial charge in [-0.05, 0) is 30.3 Å². The number of anilines is 3. The van der Waals surface area contributed by atoms with Gasteiger partial charge in [0, 0.05) is 10.6 Å². The van der Waals surface area contributed by atoms with Gasteiger partial charge < -0.3 is 16.0 Å². The fourth-order valence-electron chi connectivity index (χ4n) is 2.38. The summed E-state index contributed by atoms with van der Waals surface area (Å²) in [5.41, 5.74) is 8.85. The van der Waals surface area contributed by atoms with Gasteiger partial charge in [0.1, 0.15) is 11.5 Å². The molecule has 2 aromatic carbocycles. The van der Waals surface area contributed by atoms with Crippen molar-refractivity contribution in [3.63, 3.8) is 0 Å². The molecule has 6 heteroatoms. The summed E-state index contributed by atoms with van der Waals surface area (Å²) < 4.78 is 0. The van der Waals surface area contributed by atoms with Crippen LogP contribution in [0.5, 0.6) is 0 Å². The molecule has 21 heavy (non-hydrogen) atoms. The van der Waals surface area contributed by atoms with Crippen molar-refractivity contribution in [3.05, 3.63) is 53.1 Å². The van der Waals surface area contributed by atoms with Crippen LogP contribution in [0, 0.1) is 0 Å². The van der Waals surface area contributed by atoms with E-state index in [4.69, 9.17) is 29.6 Å². The molecule has 3 rings (SSSR count). The number of hydrogen-bond acceptors (Lipinski definition) is 3. The number of nitrogens with zero attached hydrogens (tertiary/aromatic N) is 1. The first-order chi connectivity index (χ1) is 10.1. The van der Waals surface area contributed by atoms with Crippen LogP contribution >= 0.6 is 23.8 Å². The third-order valence-electron chi connectivity index (χ3n) is 3.29. The van der Waals surface area contributed by atoms with E-state index in [1.54, 1.807) is 18.2 Å². The summed E-state index contributed by atoms with van der Waals surface area (Å²) in [4.78, 5) is 14.1. The van der Waals surface area contributed by atoms with Crippen LogP contribution in [-0.4, -0.2) is 17.4 Å². The largest absolute Gasteiger partial charge is 0.389 e. The molecule has 0 bridgehead atoms. The number of nitrogens with two attached hydrogens (primary N) is 1. The molecular weight excluding hydrogens is 306 g/mol. The van der Waals surface area contributed by atoms with Gasteiger partial charge in [-0.2, -0.15) is 0 Å². The van der Waals surface area contributed by atoms with E-state index in [1.807, 2.05) is 29.2 Å². The molecule has 0 aliphatic carbocycles. The zero-order valence-corrected chi connectivity index (χ0v) is 12.5. The lowest BCUT2D eigenvalue weighted by atomic mass is 10.1. The molecule has 3 N–H and O–H groups in total. The minimum absolute atomic E-state index is 0.0948. The lowest BCUT2D eigenvalue weighted by molar-refractivity contribution is -0.115. The van der Waals surface area contributed by atoms with Crippen LogP contribution in [0.1, 0.15) is 5.56 Å². The molecule has 0 saturated heterocycles. The number of halogens is 1. The molecule has 0 unspecified atom stereocenters. The van der Waals surface area contributed by atoms with Crippen molar-refractivity contribution < 1.29 is 4.79 Å². The Morgan fingerprint density at radius 1 is 1.24 bits per heavy atom. The highest BCUT2D eigenvalue weighted by atomic mass is 35.5. The highest BCUT2D eigenvalue weighted by Crippen LogP contribution is 2.37. The van der Waals surface area contributed by atoms with Gasteiger partial charge in [0.2, 0.25) is 5.91 Å². The summed E-state index contributed by atoms with van der Waals surface area (Å²) in [6.45, 7) is 0.187. The van der Waals surface area contributed by atoms with Crippen LogP contribution in [0.3, 0.4) is 0 Å². The van der Waals surface area contributed by atoms with E-state index in [9.17, 15) is 4.79 Å². The first-order valence-corrected chi connectivity index (χ1v) is 7.10. The predicted octanol–water partition coefficient (Wildman–Crippen LogP) is 3.06. The first kappa shape index (κ1) is 13.9. The molecule has 106 valence electrons. The Balaban J connectivity index is 2.19. The smallest absolute Gasteiger partial charge is 0.244 e. The average Bonchev–Trinajstić information content (AvgIpc) is 2.45. The van der Waals surface area contributed by atoms with Gasteiger partial charge in [-0.3, -0.25) is 4.79 Å². The van der Waals surface area contributed by atoms with Crippen molar-refractivity contribution in [2.24, 2.45) is 5.73 Å². The van der Waals surface area contributed by atoms with Crippen LogP contribution in [0.4, 0.5) is 17.1 Å². The molecule has 4 nitrogen and oxygen atoms in total. The Morgan fingerprint density at radius 2 is 2.00 bits per heavy atom. The minimum Gasteiger partial charge on any atom is -0.389 e. The Kier molecular flexibility index (Phi) is 3.53. The predicted molar refractivity (Wildman–Crippen MR) is 89.4 cm³/mol. The second kappa shape index (κ2) is 5.35. The van der Waals surface area contributed by atoms with Gasteiger partial charge in [0.05, 0.1) is 17.1 Å². The van der Waals surface area contributed by atoms with E-state index in [0.717, 1.165) is 17.1 Å². The lowest BCUT2D eigenvalue weighted by Crippen LogP contribution is -2.36. The fraction of sp³-hybridized carbons (Fsp3) is 0.0667. The molecule has 1 aliphatic rings. The summed E-state index contributed by atoms with van der Waals surface area (Å²) in [7, 11) is 0. The maximum absolute atomic E-state index is 11.9. The molecule has 1 amide bonds. The van der Waals surface area contributed by atoms with E-state index in [-0.39, 0.29) is 17.4 Å². The highest BCUT2D eigenvalue weighted by Gasteiger charge is 2.25. The molecule has 2 aromatic rings. The number of para-hydroxylation sites is 2. The van der Waals surface area contributed by atoms with Crippen molar-refractivity contribution in [2.75, 3.05) is 16.8 Å². The minimum atomic E-state index is -0.0948. The van der Waals surface area contributed by atoms with Crippen molar-refractivity contribution in [3.8, 4) is 0 Å². The van der Waals surface area contributed by atoms with E-state index in [2.05, 4.69) is 5.32 Å². The summed E-state index contributed by atoms with van der Waals surface area (Å²) >= 11 is 11.2. The number of benzene rings is 2. The number of carbonyl (C=O) groups is 1. The molecule has 0 spiro atoms. The van der Waals surface area contributed by atoms with Crippen LogP contribution in [0.2, 0.25) is 5.02 Å². The Bertz CT molecular complexity index is 747. The Labute approximate surface area is 132 Å². The van der Waals surface area contributed by atoms with Crippen molar-refractivity contribution in [1.29, 1.82) is 0 Å². The lowest BCUT2D eigenvalue weighted by Gasteiger charge is -2.32. The number of nitrogens with one attached hydrogen (secondary N) is 1. The Hall–Kier alpha value is -2.11. The van der Waals surface area contributed by atoms with E-state index in [1.165, 1.54) is 0 Å². The Morgan fingerprint density at radius 3 is 2.76 bits per heavy atom. The van der Waals surface area contributed by atoms with E-state index < -0.39 is 0 Å². The second-order valence-electron chi connectivity index (χ2n) is 4.68. The van der Waals surface area contributed by atoms with Gasteiger partial charge >= 0.3 is 0 Å². The average molecular weight is 318 g/mol. The third kappa shape index (κ3) is 2.57. The van der Waals surface area contributed by atoms with E-state index in [0.29, 0.717) is 10.6 Å². The number of thiocarbonyl (C=S) groups is 1. The monoisotopic (exact) mass is 317 g/mol. The molecule has 0 atom stereocenters. The molecule has 0 fully saturated rings. The van der Waals surface area contributed by atoms with Gasteiger partial charge in [-0.15, -0.1) is 0 Å².